The van der Waals surface area contributed by atoms with E-state index in [1.165, 1.54) is 6.33 Å². The lowest BCUT2D eigenvalue weighted by Crippen LogP contribution is -2.10. The monoisotopic (exact) mass is 327 g/mol. The number of nitrogens with one attached hydrogen (secondary N) is 2. The molecule has 0 amide bonds. The summed E-state index contributed by atoms with van der Waals surface area (Å²) in [4.78, 5) is 15.6. The lowest BCUT2D eigenvalue weighted by molar-refractivity contribution is 0.230. The van der Waals surface area contributed by atoms with Gasteiger partial charge in [0, 0.05) is 0 Å². The van der Waals surface area contributed by atoms with Crippen LogP contribution in [0.2, 0.25) is 0 Å². The first-order valence-corrected chi connectivity index (χ1v) is 7.83. The predicted molar refractivity (Wildman–Crippen MR) is 92.5 cm³/mol. The fourth-order valence-electron chi connectivity index (χ4n) is 2.47. The fourth-order valence-corrected chi connectivity index (χ4v) is 2.47. The van der Waals surface area contributed by atoms with Gasteiger partial charge in [-0.1, -0.05) is 6.07 Å². The summed E-state index contributed by atoms with van der Waals surface area (Å²) in [7, 11) is 1.64. The van der Waals surface area contributed by atoms with Crippen molar-refractivity contribution in [1.82, 2.24) is 19.9 Å². The van der Waals surface area contributed by atoms with Crippen molar-refractivity contribution in [2.24, 2.45) is 0 Å². The number of ether oxygens (including phenoxy) is 2. The number of rotatable bonds is 6. The summed E-state index contributed by atoms with van der Waals surface area (Å²) in [5, 5.41) is 3.38. The SMILES string of the molecule is COc1cc(C(C)Nc2ncnc3nc[nH]c23)ccc1OC(C)C. The molecule has 0 aliphatic heterocycles. The fraction of sp³-hybridized carbons (Fsp3) is 0.353. The number of H-pyrrole nitrogens is 1. The van der Waals surface area contributed by atoms with Crippen LogP contribution in [0.25, 0.3) is 11.2 Å². The Kier molecular flexibility index (Phi) is 4.50. The third kappa shape index (κ3) is 3.24. The average Bonchev–Trinajstić information content (AvgIpc) is 3.04. The van der Waals surface area contributed by atoms with Gasteiger partial charge in [-0.2, -0.15) is 0 Å². The molecule has 7 nitrogen and oxygen atoms in total. The van der Waals surface area contributed by atoms with Gasteiger partial charge in [0.25, 0.3) is 0 Å². The largest absolute Gasteiger partial charge is 0.493 e. The minimum atomic E-state index is 0.0217. The van der Waals surface area contributed by atoms with Crippen LogP contribution in [0, 0.1) is 0 Å². The summed E-state index contributed by atoms with van der Waals surface area (Å²) in [6, 6.07) is 5.94. The Morgan fingerprint density at radius 3 is 2.67 bits per heavy atom. The zero-order chi connectivity index (χ0) is 17.1. The number of benzene rings is 1. The Morgan fingerprint density at radius 1 is 1.08 bits per heavy atom. The number of aromatic amines is 1. The van der Waals surface area contributed by atoms with E-state index in [0.29, 0.717) is 17.2 Å². The van der Waals surface area contributed by atoms with Crippen LogP contribution < -0.4 is 14.8 Å². The number of fused-ring (bicyclic) bond motifs is 1. The highest BCUT2D eigenvalue weighted by atomic mass is 16.5. The van der Waals surface area contributed by atoms with Crippen molar-refractivity contribution in [2.75, 3.05) is 12.4 Å². The number of aromatic nitrogens is 4. The highest BCUT2D eigenvalue weighted by Gasteiger charge is 2.14. The van der Waals surface area contributed by atoms with Crippen LogP contribution in [-0.2, 0) is 0 Å². The molecule has 24 heavy (non-hydrogen) atoms. The molecule has 1 unspecified atom stereocenters. The molecule has 0 aliphatic carbocycles. The molecule has 126 valence electrons. The molecule has 7 heteroatoms. The van der Waals surface area contributed by atoms with E-state index >= 15 is 0 Å². The molecule has 0 radical (unpaired) electrons. The highest BCUT2D eigenvalue weighted by molar-refractivity contribution is 5.82. The molecule has 1 atom stereocenters. The molecule has 2 aromatic heterocycles. The molecular weight excluding hydrogens is 306 g/mol. The summed E-state index contributed by atoms with van der Waals surface area (Å²) < 4.78 is 11.2. The zero-order valence-electron chi connectivity index (χ0n) is 14.2. The van der Waals surface area contributed by atoms with Gasteiger partial charge in [0.05, 0.1) is 25.6 Å². The zero-order valence-corrected chi connectivity index (χ0v) is 14.2. The van der Waals surface area contributed by atoms with Crippen molar-refractivity contribution in [3.05, 3.63) is 36.4 Å². The predicted octanol–water partition coefficient (Wildman–Crippen LogP) is 3.32. The van der Waals surface area contributed by atoms with Gasteiger partial charge >= 0.3 is 0 Å². The van der Waals surface area contributed by atoms with Crippen LogP contribution in [0.1, 0.15) is 32.4 Å². The summed E-state index contributed by atoms with van der Waals surface area (Å²) in [6.45, 7) is 6.03. The van der Waals surface area contributed by atoms with Gasteiger partial charge in [0.15, 0.2) is 23.0 Å². The third-order valence-corrected chi connectivity index (χ3v) is 3.63. The molecule has 3 rings (SSSR count). The standard InChI is InChI=1S/C17H21N5O2/c1-10(2)24-13-6-5-12(7-14(13)23-4)11(3)22-17-15-16(19-8-18-15)20-9-21-17/h5-11H,1-4H3,(H2,18,19,20,21,22). The average molecular weight is 327 g/mol. The maximum atomic E-state index is 5.76. The van der Waals surface area contributed by atoms with Crippen LogP contribution in [0.3, 0.4) is 0 Å². The van der Waals surface area contributed by atoms with Crippen molar-refractivity contribution in [3.63, 3.8) is 0 Å². The van der Waals surface area contributed by atoms with E-state index in [0.717, 1.165) is 16.8 Å². The summed E-state index contributed by atoms with van der Waals surface area (Å²) in [5.41, 5.74) is 2.49. The van der Waals surface area contributed by atoms with Crippen molar-refractivity contribution >= 4 is 17.0 Å². The van der Waals surface area contributed by atoms with E-state index in [1.54, 1.807) is 13.4 Å². The Morgan fingerprint density at radius 2 is 1.92 bits per heavy atom. The van der Waals surface area contributed by atoms with Crippen molar-refractivity contribution in [2.45, 2.75) is 32.9 Å². The Bertz CT molecular complexity index is 831. The Hall–Kier alpha value is -2.83. The second-order valence-corrected chi connectivity index (χ2v) is 5.77. The second kappa shape index (κ2) is 6.74. The van der Waals surface area contributed by atoms with Crippen molar-refractivity contribution in [3.8, 4) is 11.5 Å². The van der Waals surface area contributed by atoms with Crippen molar-refractivity contribution < 1.29 is 9.47 Å². The van der Waals surface area contributed by atoms with Gasteiger partial charge in [-0.3, -0.25) is 0 Å². The van der Waals surface area contributed by atoms with Crippen LogP contribution in [0.5, 0.6) is 11.5 Å². The Balaban J connectivity index is 1.84. The normalized spacial score (nSPS) is 12.4. The van der Waals surface area contributed by atoms with Gasteiger partial charge in [-0.05, 0) is 38.5 Å². The molecule has 0 fully saturated rings. The summed E-state index contributed by atoms with van der Waals surface area (Å²) in [6.07, 6.45) is 3.20. The molecule has 0 aliphatic rings. The lowest BCUT2D eigenvalue weighted by Gasteiger charge is -2.18. The van der Waals surface area contributed by atoms with E-state index in [4.69, 9.17) is 9.47 Å². The van der Waals surface area contributed by atoms with Crippen LogP contribution >= 0.6 is 0 Å². The quantitative estimate of drug-likeness (QED) is 0.722. The van der Waals surface area contributed by atoms with Gasteiger partial charge in [0.1, 0.15) is 11.8 Å². The van der Waals surface area contributed by atoms with Gasteiger partial charge in [-0.25, -0.2) is 15.0 Å². The van der Waals surface area contributed by atoms with E-state index in [2.05, 4.69) is 32.2 Å². The van der Waals surface area contributed by atoms with E-state index in [1.807, 2.05) is 32.0 Å². The van der Waals surface area contributed by atoms with E-state index in [-0.39, 0.29) is 12.1 Å². The number of nitrogens with zero attached hydrogens (tertiary/aromatic N) is 3. The van der Waals surface area contributed by atoms with Gasteiger partial charge < -0.3 is 19.8 Å². The maximum Gasteiger partial charge on any atom is 0.182 e. The molecule has 0 saturated heterocycles. The summed E-state index contributed by atoms with van der Waals surface area (Å²) in [5.74, 6) is 2.16. The van der Waals surface area contributed by atoms with Crippen LogP contribution in [0.15, 0.2) is 30.9 Å². The maximum absolute atomic E-state index is 5.76. The van der Waals surface area contributed by atoms with E-state index < -0.39 is 0 Å². The molecule has 0 bridgehead atoms. The summed E-state index contributed by atoms with van der Waals surface area (Å²) >= 11 is 0. The smallest absolute Gasteiger partial charge is 0.182 e. The molecule has 2 N–H and O–H groups in total. The number of anilines is 1. The molecule has 2 heterocycles. The Labute approximate surface area is 140 Å². The van der Waals surface area contributed by atoms with Crippen molar-refractivity contribution in [1.29, 1.82) is 0 Å². The molecule has 0 saturated carbocycles. The second-order valence-electron chi connectivity index (χ2n) is 5.77. The first-order chi connectivity index (χ1) is 11.6. The number of imidazole rings is 1. The number of hydrogen-bond acceptors (Lipinski definition) is 6. The minimum Gasteiger partial charge on any atom is -0.493 e. The molecule has 3 aromatic rings. The molecule has 0 spiro atoms. The molecule has 1 aromatic carbocycles. The van der Waals surface area contributed by atoms with Gasteiger partial charge in [0.2, 0.25) is 0 Å². The molecular formula is C17H21N5O2. The topological polar surface area (TPSA) is 85.0 Å². The first kappa shape index (κ1) is 16.0. The van der Waals surface area contributed by atoms with Gasteiger partial charge in [-0.15, -0.1) is 0 Å². The first-order valence-electron chi connectivity index (χ1n) is 7.83. The number of methoxy groups -OCH3 is 1. The third-order valence-electron chi connectivity index (χ3n) is 3.63. The lowest BCUT2D eigenvalue weighted by atomic mass is 10.1. The number of hydrogen-bond donors (Lipinski definition) is 2. The van der Waals surface area contributed by atoms with E-state index in [9.17, 15) is 0 Å². The van der Waals surface area contributed by atoms with Crippen LogP contribution in [-0.4, -0.2) is 33.1 Å². The highest BCUT2D eigenvalue weighted by Crippen LogP contribution is 2.32. The minimum absolute atomic E-state index is 0.0217. The van der Waals surface area contributed by atoms with Crippen LogP contribution in [0.4, 0.5) is 5.82 Å².